The predicted octanol–water partition coefficient (Wildman–Crippen LogP) is 3.88. The van der Waals surface area contributed by atoms with Gasteiger partial charge in [-0.3, -0.25) is 0 Å². The van der Waals surface area contributed by atoms with Gasteiger partial charge in [0.2, 0.25) is 11.9 Å². The zero-order valence-electron chi connectivity index (χ0n) is 15.0. The van der Waals surface area contributed by atoms with Crippen molar-refractivity contribution in [3.05, 3.63) is 63.6 Å². The lowest BCUT2D eigenvalue weighted by Crippen LogP contribution is -2.44. The van der Waals surface area contributed by atoms with E-state index in [4.69, 9.17) is 39.4 Å². The second-order valence-electron chi connectivity index (χ2n) is 6.18. The molecule has 9 heteroatoms. The molecule has 1 atom stereocenters. The molecule has 0 aliphatic carbocycles. The average molecular weight is 424 g/mol. The highest BCUT2D eigenvalue weighted by atomic mass is 35.5. The summed E-state index contributed by atoms with van der Waals surface area (Å²) in [6.45, 7) is 0.465. The van der Waals surface area contributed by atoms with Gasteiger partial charge in [0.1, 0.15) is 12.4 Å². The highest BCUT2D eigenvalue weighted by Crippen LogP contribution is 2.27. The van der Waals surface area contributed by atoms with E-state index in [1.54, 1.807) is 30.3 Å². The lowest BCUT2D eigenvalue weighted by molar-refractivity contribution is 0.258. The summed E-state index contributed by atoms with van der Waals surface area (Å²) in [5.41, 5.74) is 13.3. The molecule has 1 heterocycles. The van der Waals surface area contributed by atoms with Crippen molar-refractivity contribution in [3.63, 3.8) is 0 Å². The number of guanidine groups is 2. The number of benzene rings is 2. The molecule has 148 valence electrons. The van der Waals surface area contributed by atoms with Gasteiger partial charge in [0.15, 0.2) is 6.17 Å². The van der Waals surface area contributed by atoms with Crippen molar-refractivity contribution in [2.45, 2.75) is 19.3 Å². The standard InChI is InChI=1S/C19H20Cl2FN5O/c20-15-7-6-14(10-16(15)21)28-9-1-8-27-17(25-18(23)26-19(27)24)13-4-2-12(11-22)3-5-13/h2-7,10,17H,1,8-9,11H2,(H4,23,24,25,26). The van der Waals surface area contributed by atoms with Gasteiger partial charge in [-0.25, -0.2) is 9.38 Å². The topological polar surface area (TPSA) is 89.2 Å². The quantitative estimate of drug-likeness (QED) is 0.661. The predicted molar refractivity (Wildman–Crippen MR) is 111 cm³/mol. The minimum atomic E-state index is -0.518. The number of rotatable bonds is 7. The first-order chi connectivity index (χ1) is 13.5. The number of alkyl halides is 1. The SMILES string of the molecule is NC1=NC(c2ccc(CF)cc2)N(CCCOc2ccc(Cl)c(Cl)c2)C(N)=N1. The minimum Gasteiger partial charge on any atom is -0.493 e. The summed E-state index contributed by atoms with van der Waals surface area (Å²) in [6, 6.07) is 12.2. The number of nitrogens with zero attached hydrogens (tertiary/aromatic N) is 3. The van der Waals surface area contributed by atoms with Crippen molar-refractivity contribution in [1.82, 2.24) is 4.90 Å². The van der Waals surface area contributed by atoms with Crippen LogP contribution in [0.3, 0.4) is 0 Å². The van der Waals surface area contributed by atoms with Gasteiger partial charge in [0, 0.05) is 12.6 Å². The first-order valence-electron chi connectivity index (χ1n) is 8.64. The Bertz CT molecular complexity index is 888. The molecule has 0 fully saturated rings. The van der Waals surface area contributed by atoms with E-state index in [-0.39, 0.29) is 11.9 Å². The first kappa shape index (κ1) is 20.2. The molecule has 1 aliphatic heterocycles. The van der Waals surface area contributed by atoms with Crippen molar-refractivity contribution in [1.29, 1.82) is 0 Å². The zero-order valence-corrected chi connectivity index (χ0v) is 16.5. The molecule has 2 aromatic carbocycles. The van der Waals surface area contributed by atoms with Crippen LogP contribution in [0.2, 0.25) is 10.0 Å². The van der Waals surface area contributed by atoms with E-state index in [9.17, 15) is 4.39 Å². The van der Waals surface area contributed by atoms with Gasteiger partial charge >= 0.3 is 0 Å². The zero-order chi connectivity index (χ0) is 20.1. The molecule has 0 bridgehead atoms. The molecule has 6 nitrogen and oxygen atoms in total. The van der Waals surface area contributed by atoms with Crippen molar-refractivity contribution in [2.75, 3.05) is 13.2 Å². The molecule has 28 heavy (non-hydrogen) atoms. The van der Waals surface area contributed by atoms with Crippen LogP contribution in [0, 0.1) is 0 Å². The Labute approximate surface area is 172 Å². The Kier molecular flexibility index (Phi) is 6.59. The van der Waals surface area contributed by atoms with Crippen LogP contribution in [0.1, 0.15) is 23.7 Å². The van der Waals surface area contributed by atoms with Gasteiger partial charge < -0.3 is 21.1 Å². The number of hydrogen-bond acceptors (Lipinski definition) is 6. The summed E-state index contributed by atoms with van der Waals surface area (Å²) < 4.78 is 18.5. The number of halogens is 3. The largest absolute Gasteiger partial charge is 0.493 e. The summed E-state index contributed by atoms with van der Waals surface area (Å²) in [4.78, 5) is 10.3. The third-order valence-corrected chi connectivity index (χ3v) is 4.95. The summed E-state index contributed by atoms with van der Waals surface area (Å²) in [6.07, 6.45) is 0.237. The Morgan fingerprint density at radius 3 is 2.50 bits per heavy atom. The summed E-state index contributed by atoms with van der Waals surface area (Å²) >= 11 is 11.9. The second-order valence-corrected chi connectivity index (χ2v) is 6.99. The number of nitrogens with two attached hydrogens (primary N) is 2. The van der Waals surface area contributed by atoms with Crippen molar-refractivity contribution >= 4 is 35.1 Å². The number of aliphatic imine (C=N–C) groups is 2. The Hall–Kier alpha value is -2.51. The van der Waals surface area contributed by atoms with E-state index < -0.39 is 12.8 Å². The van der Waals surface area contributed by atoms with Crippen LogP contribution in [0.15, 0.2) is 52.4 Å². The molecule has 0 saturated carbocycles. The molecular formula is C19H20Cl2FN5O. The molecule has 1 aliphatic rings. The molecule has 0 amide bonds. The molecule has 2 aromatic rings. The van der Waals surface area contributed by atoms with Gasteiger partial charge in [-0.2, -0.15) is 4.99 Å². The fourth-order valence-electron chi connectivity index (χ4n) is 2.79. The van der Waals surface area contributed by atoms with Gasteiger partial charge in [-0.1, -0.05) is 47.5 Å². The van der Waals surface area contributed by atoms with E-state index in [1.165, 1.54) is 0 Å². The smallest absolute Gasteiger partial charge is 0.220 e. The number of ether oxygens (including phenoxy) is 1. The monoisotopic (exact) mass is 423 g/mol. The van der Waals surface area contributed by atoms with E-state index in [0.29, 0.717) is 40.9 Å². The lowest BCUT2D eigenvalue weighted by Gasteiger charge is -2.32. The van der Waals surface area contributed by atoms with Crippen molar-refractivity contribution < 1.29 is 9.13 Å². The van der Waals surface area contributed by atoms with Crippen molar-refractivity contribution in [2.24, 2.45) is 21.5 Å². The molecule has 0 saturated heterocycles. The number of hydrogen-bond donors (Lipinski definition) is 2. The maximum Gasteiger partial charge on any atom is 0.220 e. The van der Waals surface area contributed by atoms with E-state index in [1.807, 2.05) is 17.0 Å². The molecule has 3 rings (SSSR count). The minimum absolute atomic E-state index is 0.111. The Balaban J connectivity index is 1.64. The van der Waals surface area contributed by atoms with Crippen LogP contribution in [-0.2, 0) is 6.67 Å². The van der Waals surface area contributed by atoms with E-state index >= 15 is 0 Å². The molecule has 1 unspecified atom stereocenters. The third kappa shape index (κ3) is 4.85. The fourth-order valence-corrected chi connectivity index (χ4v) is 3.08. The van der Waals surface area contributed by atoms with Gasteiger partial charge in [-0.05, 0) is 29.7 Å². The van der Waals surface area contributed by atoms with Crippen LogP contribution in [0.25, 0.3) is 0 Å². The average Bonchev–Trinajstić information content (AvgIpc) is 2.69. The normalized spacial score (nSPS) is 16.5. The van der Waals surface area contributed by atoms with Crippen LogP contribution in [0.4, 0.5) is 4.39 Å². The van der Waals surface area contributed by atoms with Crippen LogP contribution in [-0.4, -0.2) is 30.0 Å². The molecule has 0 radical (unpaired) electrons. The van der Waals surface area contributed by atoms with Crippen LogP contribution >= 0.6 is 23.2 Å². The van der Waals surface area contributed by atoms with E-state index in [2.05, 4.69) is 9.98 Å². The Morgan fingerprint density at radius 2 is 1.82 bits per heavy atom. The van der Waals surface area contributed by atoms with Crippen LogP contribution < -0.4 is 16.2 Å². The van der Waals surface area contributed by atoms with Gasteiger partial charge in [0.05, 0.1) is 16.7 Å². The summed E-state index contributed by atoms with van der Waals surface area (Å²) in [7, 11) is 0. The Morgan fingerprint density at radius 1 is 1.07 bits per heavy atom. The fraction of sp³-hybridized carbons (Fsp3) is 0.263. The van der Waals surface area contributed by atoms with Gasteiger partial charge in [0.25, 0.3) is 0 Å². The molecule has 0 spiro atoms. The molecular weight excluding hydrogens is 404 g/mol. The maximum atomic E-state index is 12.8. The lowest BCUT2D eigenvalue weighted by atomic mass is 10.1. The van der Waals surface area contributed by atoms with Gasteiger partial charge in [-0.15, -0.1) is 0 Å². The van der Waals surface area contributed by atoms with Crippen LogP contribution in [0.5, 0.6) is 5.75 Å². The molecule has 4 N–H and O–H groups in total. The summed E-state index contributed by atoms with van der Waals surface area (Å²) in [5.74, 6) is 1.03. The maximum absolute atomic E-state index is 12.8. The second kappa shape index (κ2) is 9.12. The molecule has 0 aromatic heterocycles. The van der Waals surface area contributed by atoms with Crippen molar-refractivity contribution in [3.8, 4) is 5.75 Å². The highest BCUT2D eigenvalue weighted by molar-refractivity contribution is 6.42. The first-order valence-corrected chi connectivity index (χ1v) is 9.40. The summed E-state index contributed by atoms with van der Waals surface area (Å²) in [5, 5.41) is 0.913. The van der Waals surface area contributed by atoms with E-state index in [0.717, 1.165) is 5.56 Å². The third-order valence-electron chi connectivity index (χ3n) is 4.21. The highest BCUT2D eigenvalue weighted by Gasteiger charge is 2.25.